The van der Waals surface area contributed by atoms with Crippen LogP contribution < -0.4 is 4.74 Å². The van der Waals surface area contributed by atoms with Gasteiger partial charge in [-0.2, -0.15) is 0 Å². The predicted octanol–water partition coefficient (Wildman–Crippen LogP) is 5.31. The molecule has 2 aliphatic rings. The van der Waals surface area contributed by atoms with Crippen LogP contribution in [0.25, 0.3) is 0 Å². The van der Waals surface area contributed by atoms with Gasteiger partial charge < -0.3 is 14.4 Å². The molecule has 33 heavy (non-hydrogen) atoms. The molecule has 1 atom stereocenters. The second kappa shape index (κ2) is 10.7. The van der Waals surface area contributed by atoms with Crippen LogP contribution in [-0.4, -0.2) is 54.3 Å². The molecule has 2 aromatic carbocycles. The highest BCUT2D eigenvalue weighted by atomic mass is 35.5. The normalized spacial score (nSPS) is 20.1. The lowest BCUT2D eigenvalue weighted by Crippen LogP contribution is -2.52. The zero-order valence-electron chi connectivity index (χ0n) is 19.6. The van der Waals surface area contributed by atoms with Crippen LogP contribution in [0.1, 0.15) is 37.8 Å². The van der Waals surface area contributed by atoms with E-state index in [0.29, 0.717) is 25.5 Å². The lowest BCUT2D eigenvalue weighted by atomic mass is 9.81. The van der Waals surface area contributed by atoms with Gasteiger partial charge in [0.15, 0.2) is 0 Å². The molecule has 2 aromatic rings. The summed E-state index contributed by atoms with van der Waals surface area (Å²) in [5, 5.41) is 0. The standard InChI is InChI=1S/C26H33FN2O3.ClH/c1-19(2)18-31-23-10-6-21(7-11-23)17-29-24(16-20-4-8-22(27)9-5-20)26(32-25(29)30)12-14-28(3)15-13-26;/h4-11,19,24H,12-18H2,1-3H3;1H. The Kier molecular flexibility index (Phi) is 8.24. The molecule has 0 N–H and O–H groups in total. The van der Waals surface area contributed by atoms with Crippen LogP contribution in [0.5, 0.6) is 5.75 Å². The van der Waals surface area contributed by atoms with Gasteiger partial charge in [-0.05, 0) is 54.8 Å². The van der Waals surface area contributed by atoms with Crippen molar-refractivity contribution < 1.29 is 18.7 Å². The number of carbonyl (C=O) groups is 1. The van der Waals surface area contributed by atoms with E-state index in [2.05, 4.69) is 25.8 Å². The topological polar surface area (TPSA) is 42.0 Å². The van der Waals surface area contributed by atoms with Gasteiger partial charge in [-0.25, -0.2) is 9.18 Å². The molecule has 0 bridgehead atoms. The summed E-state index contributed by atoms with van der Waals surface area (Å²) >= 11 is 0. The number of hydrogen-bond donors (Lipinski definition) is 0. The van der Waals surface area contributed by atoms with Crippen LogP contribution in [0, 0.1) is 11.7 Å². The number of halogens is 2. The Morgan fingerprint density at radius 2 is 1.67 bits per heavy atom. The van der Waals surface area contributed by atoms with Gasteiger partial charge in [0.1, 0.15) is 17.2 Å². The van der Waals surface area contributed by atoms with Crippen molar-refractivity contribution in [2.75, 3.05) is 26.7 Å². The summed E-state index contributed by atoms with van der Waals surface area (Å²) in [6.07, 6.45) is 1.99. The number of likely N-dealkylation sites (tertiary alicyclic amines) is 1. The maximum absolute atomic E-state index is 13.4. The minimum absolute atomic E-state index is 0. The molecule has 2 aliphatic heterocycles. The molecule has 0 saturated carbocycles. The van der Waals surface area contributed by atoms with Gasteiger partial charge >= 0.3 is 6.09 Å². The van der Waals surface area contributed by atoms with Crippen LogP contribution in [0.4, 0.5) is 9.18 Å². The highest BCUT2D eigenvalue weighted by Crippen LogP contribution is 2.40. The average molecular weight is 477 g/mol. The molecule has 1 amide bonds. The van der Waals surface area contributed by atoms with E-state index in [4.69, 9.17) is 9.47 Å². The van der Waals surface area contributed by atoms with Crippen molar-refractivity contribution in [1.29, 1.82) is 0 Å². The van der Waals surface area contributed by atoms with Crippen molar-refractivity contribution in [3.8, 4) is 5.75 Å². The Labute approximate surface area is 202 Å². The molecule has 1 spiro atoms. The van der Waals surface area contributed by atoms with Gasteiger partial charge in [0.2, 0.25) is 0 Å². The third kappa shape index (κ3) is 5.98. The number of ether oxygens (including phenoxy) is 2. The summed E-state index contributed by atoms with van der Waals surface area (Å²) in [5.74, 6) is 1.05. The Morgan fingerprint density at radius 1 is 1.06 bits per heavy atom. The number of piperidine rings is 1. The monoisotopic (exact) mass is 476 g/mol. The number of nitrogens with zero attached hydrogens (tertiary/aromatic N) is 2. The molecule has 5 nitrogen and oxygen atoms in total. The van der Waals surface area contributed by atoms with Crippen molar-refractivity contribution in [3.63, 3.8) is 0 Å². The Morgan fingerprint density at radius 3 is 2.27 bits per heavy atom. The minimum atomic E-state index is -0.502. The molecule has 0 aliphatic carbocycles. The summed E-state index contributed by atoms with van der Waals surface area (Å²) in [6.45, 7) is 7.17. The summed E-state index contributed by atoms with van der Waals surface area (Å²) in [5.41, 5.74) is 1.54. The fourth-order valence-corrected chi connectivity index (χ4v) is 4.61. The smallest absolute Gasteiger partial charge is 0.411 e. The van der Waals surface area contributed by atoms with E-state index >= 15 is 0 Å². The summed E-state index contributed by atoms with van der Waals surface area (Å²) in [6, 6.07) is 14.4. The first-order valence-electron chi connectivity index (χ1n) is 11.5. The van der Waals surface area contributed by atoms with Gasteiger partial charge in [-0.15, -0.1) is 12.4 Å². The van der Waals surface area contributed by atoms with E-state index in [1.54, 1.807) is 12.1 Å². The fraction of sp³-hybridized carbons (Fsp3) is 0.500. The van der Waals surface area contributed by atoms with Gasteiger partial charge in [0.25, 0.3) is 0 Å². The largest absolute Gasteiger partial charge is 0.493 e. The third-order valence-electron chi connectivity index (χ3n) is 6.54. The highest BCUT2D eigenvalue weighted by molar-refractivity contribution is 5.85. The Bertz CT molecular complexity index is 912. The maximum Gasteiger partial charge on any atom is 0.411 e. The summed E-state index contributed by atoms with van der Waals surface area (Å²) in [7, 11) is 2.10. The van der Waals surface area contributed by atoms with E-state index in [-0.39, 0.29) is 30.4 Å². The molecule has 2 fully saturated rings. The third-order valence-corrected chi connectivity index (χ3v) is 6.54. The van der Waals surface area contributed by atoms with Crippen molar-refractivity contribution in [3.05, 3.63) is 65.5 Å². The number of benzene rings is 2. The number of amides is 1. The first-order valence-corrected chi connectivity index (χ1v) is 11.5. The zero-order chi connectivity index (χ0) is 22.7. The van der Waals surface area contributed by atoms with Crippen LogP contribution in [0.2, 0.25) is 0 Å². The van der Waals surface area contributed by atoms with Crippen molar-refractivity contribution in [1.82, 2.24) is 9.80 Å². The van der Waals surface area contributed by atoms with Crippen molar-refractivity contribution in [2.45, 2.75) is 51.3 Å². The first-order chi connectivity index (χ1) is 15.3. The molecule has 2 heterocycles. The SMILES string of the molecule is CC(C)COc1ccc(CN2C(=O)OC3(CCN(C)CC3)C2Cc2ccc(F)cc2)cc1.Cl. The quantitative estimate of drug-likeness (QED) is 0.543. The predicted molar refractivity (Wildman–Crippen MR) is 129 cm³/mol. The Balaban J connectivity index is 0.00000306. The summed E-state index contributed by atoms with van der Waals surface area (Å²) in [4.78, 5) is 17.2. The fourth-order valence-electron chi connectivity index (χ4n) is 4.61. The van der Waals surface area contributed by atoms with E-state index < -0.39 is 5.60 Å². The molecule has 0 aromatic heterocycles. The van der Waals surface area contributed by atoms with E-state index in [0.717, 1.165) is 42.8 Å². The molecular formula is C26H34ClFN2O3. The van der Waals surface area contributed by atoms with E-state index in [1.807, 2.05) is 29.2 Å². The highest BCUT2D eigenvalue weighted by Gasteiger charge is 2.54. The van der Waals surface area contributed by atoms with Crippen LogP contribution in [-0.2, 0) is 17.7 Å². The van der Waals surface area contributed by atoms with Crippen molar-refractivity contribution >= 4 is 18.5 Å². The maximum atomic E-state index is 13.4. The van der Waals surface area contributed by atoms with Crippen LogP contribution >= 0.6 is 12.4 Å². The van der Waals surface area contributed by atoms with Crippen LogP contribution in [0.3, 0.4) is 0 Å². The molecule has 4 rings (SSSR count). The number of carbonyl (C=O) groups excluding carboxylic acids is 1. The van der Waals surface area contributed by atoms with E-state index in [9.17, 15) is 9.18 Å². The van der Waals surface area contributed by atoms with Gasteiger partial charge in [-0.3, -0.25) is 4.90 Å². The van der Waals surface area contributed by atoms with Crippen molar-refractivity contribution in [2.24, 2.45) is 5.92 Å². The van der Waals surface area contributed by atoms with Gasteiger partial charge in [0, 0.05) is 32.5 Å². The van der Waals surface area contributed by atoms with E-state index in [1.165, 1.54) is 12.1 Å². The second-order valence-corrected chi connectivity index (χ2v) is 9.56. The molecule has 1 unspecified atom stereocenters. The number of hydrogen-bond acceptors (Lipinski definition) is 4. The first kappa shape index (κ1) is 25.3. The lowest BCUT2D eigenvalue weighted by molar-refractivity contribution is -0.0165. The molecule has 0 radical (unpaired) electrons. The molecule has 7 heteroatoms. The van der Waals surface area contributed by atoms with Crippen LogP contribution in [0.15, 0.2) is 48.5 Å². The van der Waals surface area contributed by atoms with Gasteiger partial charge in [-0.1, -0.05) is 38.1 Å². The second-order valence-electron chi connectivity index (χ2n) is 9.56. The molecular weight excluding hydrogens is 443 g/mol. The minimum Gasteiger partial charge on any atom is -0.493 e. The number of rotatable bonds is 7. The molecule has 180 valence electrons. The average Bonchev–Trinajstić information content (AvgIpc) is 3.02. The van der Waals surface area contributed by atoms with Gasteiger partial charge in [0.05, 0.1) is 12.6 Å². The Hall–Kier alpha value is -2.31. The molecule has 2 saturated heterocycles. The zero-order valence-corrected chi connectivity index (χ0v) is 20.4. The summed E-state index contributed by atoms with van der Waals surface area (Å²) < 4.78 is 25.3. The lowest BCUT2D eigenvalue weighted by Gasteiger charge is -2.40.